The number of ether oxygens (including phenoxy) is 1. The van der Waals surface area contributed by atoms with E-state index in [1.165, 1.54) is 6.07 Å². The van der Waals surface area contributed by atoms with Crippen molar-refractivity contribution in [3.8, 4) is 0 Å². The van der Waals surface area contributed by atoms with Crippen molar-refractivity contribution in [3.05, 3.63) is 71.8 Å². The number of anilines is 1. The second-order valence-electron chi connectivity index (χ2n) is 4.48. The number of hydrogen-bond donors (Lipinski definition) is 2. The van der Waals surface area contributed by atoms with Crippen molar-refractivity contribution in [3.63, 3.8) is 0 Å². The fourth-order valence-electron chi connectivity index (χ4n) is 1.82. The maximum Gasteiger partial charge on any atom is 0.338 e. The number of primary amides is 1. The Balaban J connectivity index is 1.89. The van der Waals surface area contributed by atoms with Crippen LogP contribution in [0, 0.1) is 0 Å². The van der Waals surface area contributed by atoms with E-state index in [1.807, 2.05) is 36.4 Å². The number of carbonyl (C=O) groups is 2. The highest BCUT2D eigenvalue weighted by molar-refractivity contribution is 5.93. The van der Waals surface area contributed by atoms with Crippen LogP contribution in [0.5, 0.6) is 0 Å². The van der Waals surface area contributed by atoms with Crippen LogP contribution in [0.2, 0.25) is 0 Å². The highest BCUT2D eigenvalue weighted by Crippen LogP contribution is 2.11. The summed E-state index contributed by atoms with van der Waals surface area (Å²) in [5.41, 5.74) is 6.86. The molecule has 2 amide bonds. The van der Waals surface area contributed by atoms with Gasteiger partial charge in [-0.25, -0.2) is 9.59 Å². The molecule has 2 aromatic carbocycles. The summed E-state index contributed by atoms with van der Waals surface area (Å²) in [7, 11) is 0. The minimum absolute atomic E-state index is 0.168. The molecule has 2 aromatic rings. The summed E-state index contributed by atoms with van der Waals surface area (Å²) in [5, 5.41) is 2.41. The number of benzene rings is 2. The zero-order valence-corrected chi connectivity index (χ0v) is 11.9. The van der Waals surface area contributed by atoms with E-state index in [1.54, 1.807) is 24.3 Å². The molecule has 0 aliphatic heterocycles. The first-order chi connectivity index (χ1) is 10.6. The van der Waals surface area contributed by atoms with Gasteiger partial charge in [-0.05, 0) is 29.8 Å². The topological polar surface area (TPSA) is 81.4 Å². The molecule has 22 heavy (non-hydrogen) atoms. The van der Waals surface area contributed by atoms with E-state index in [0.29, 0.717) is 11.3 Å². The summed E-state index contributed by atoms with van der Waals surface area (Å²) in [6, 6.07) is 15.4. The number of hydrogen-bond acceptors (Lipinski definition) is 3. The summed E-state index contributed by atoms with van der Waals surface area (Å²) < 4.78 is 5.14. The SMILES string of the molecule is NC(=O)Nc1cccc(C(=O)OC/C=C/c2ccccc2)c1. The minimum Gasteiger partial charge on any atom is -0.458 e. The lowest BCUT2D eigenvalue weighted by Crippen LogP contribution is -2.19. The van der Waals surface area contributed by atoms with Crippen LogP contribution in [0.15, 0.2) is 60.7 Å². The van der Waals surface area contributed by atoms with E-state index in [0.717, 1.165) is 5.56 Å². The van der Waals surface area contributed by atoms with Crippen molar-refractivity contribution < 1.29 is 14.3 Å². The molecule has 0 radical (unpaired) electrons. The fourth-order valence-corrected chi connectivity index (χ4v) is 1.82. The van der Waals surface area contributed by atoms with Crippen molar-refractivity contribution in [1.29, 1.82) is 0 Å². The van der Waals surface area contributed by atoms with Gasteiger partial charge in [0.05, 0.1) is 5.56 Å². The lowest BCUT2D eigenvalue weighted by atomic mass is 10.2. The van der Waals surface area contributed by atoms with Crippen molar-refractivity contribution in [2.24, 2.45) is 5.73 Å². The third-order valence-corrected chi connectivity index (χ3v) is 2.79. The molecule has 0 heterocycles. The summed E-state index contributed by atoms with van der Waals surface area (Å²) in [6.07, 6.45) is 3.64. The first kappa shape index (κ1) is 15.3. The molecule has 0 aliphatic rings. The van der Waals surface area contributed by atoms with Gasteiger partial charge in [-0.1, -0.05) is 42.5 Å². The van der Waals surface area contributed by atoms with Gasteiger partial charge >= 0.3 is 12.0 Å². The maximum absolute atomic E-state index is 11.9. The Morgan fingerprint density at radius 3 is 2.59 bits per heavy atom. The lowest BCUT2D eigenvalue weighted by Gasteiger charge is -2.05. The molecule has 0 saturated heterocycles. The molecule has 0 saturated carbocycles. The van der Waals surface area contributed by atoms with Crippen molar-refractivity contribution in [2.75, 3.05) is 11.9 Å². The number of urea groups is 1. The molecule has 0 unspecified atom stereocenters. The Kier molecular flexibility index (Phi) is 5.31. The van der Waals surface area contributed by atoms with Crippen LogP contribution in [-0.2, 0) is 4.74 Å². The average molecular weight is 296 g/mol. The summed E-state index contributed by atoms with van der Waals surface area (Å²) >= 11 is 0. The molecular formula is C17H16N2O3. The molecule has 2 rings (SSSR count). The standard InChI is InChI=1S/C17H16N2O3/c18-17(21)19-15-10-4-9-14(12-15)16(20)22-11-5-8-13-6-2-1-3-7-13/h1-10,12H,11H2,(H3,18,19,21)/b8-5+. The Morgan fingerprint density at radius 2 is 1.86 bits per heavy atom. The predicted molar refractivity (Wildman–Crippen MR) is 85.4 cm³/mol. The van der Waals surface area contributed by atoms with Crippen LogP contribution in [0.3, 0.4) is 0 Å². The largest absolute Gasteiger partial charge is 0.458 e. The van der Waals surface area contributed by atoms with Gasteiger partial charge in [-0.15, -0.1) is 0 Å². The van der Waals surface area contributed by atoms with Gasteiger partial charge in [0, 0.05) is 5.69 Å². The molecular weight excluding hydrogens is 280 g/mol. The highest BCUT2D eigenvalue weighted by atomic mass is 16.5. The minimum atomic E-state index is -0.684. The number of esters is 1. The number of carbonyl (C=O) groups excluding carboxylic acids is 2. The number of rotatable bonds is 5. The smallest absolute Gasteiger partial charge is 0.338 e. The first-order valence-electron chi connectivity index (χ1n) is 6.70. The van der Waals surface area contributed by atoms with Crippen LogP contribution in [0.4, 0.5) is 10.5 Å². The van der Waals surface area contributed by atoms with Crippen LogP contribution in [-0.4, -0.2) is 18.6 Å². The highest BCUT2D eigenvalue weighted by Gasteiger charge is 2.07. The number of nitrogens with one attached hydrogen (secondary N) is 1. The molecule has 5 heteroatoms. The van der Waals surface area contributed by atoms with Crippen molar-refractivity contribution in [1.82, 2.24) is 0 Å². The van der Waals surface area contributed by atoms with Gasteiger partial charge in [0.25, 0.3) is 0 Å². The van der Waals surface area contributed by atoms with Crippen LogP contribution in [0.25, 0.3) is 6.08 Å². The molecule has 5 nitrogen and oxygen atoms in total. The van der Waals surface area contributed by atoms with Gasteiger partial charge < -0.3 is 15.8 Å². The molecule has 112 valence electrons. The first-order valence-corrected chi connectivity index (χ1v) is 6.70. The van der Waals surface area contributed by atoms with Gasteiger partial charge in [0.2, 0.25) is 0 Å². The lowest BCUT2D eigenvalue weighted by molar-refractivity contribution is 0.0550. The number of nitrogens with two attached hydrogens (primary N) is 1. The fraction of sp³-hybridized carbons (Fsp3) is 0.0588. The Morgan fingerprint density at radius 1 is 1.09 bits per heavy atom. The zero-order chi connectivity index (χ0) is 15.8. The number of amides is 2. The molecule has 0 bridgehead atoms. The van der Waals surface area contributed by atoms with E-state index in [9.17, 15) is 9.59 Å². The summed E-state index contributed by atoms with van der Waals surface area (Å²) in [5.74, 6) is -0.467. The predicted octanol–water partition coefficient (Wildman–Crippen LogP) is 3.05. The van der Waals surface area contributed by atoms with Crippen LogP contribution < -0.4 is 11.1 Å². The molecule has 3 N–H and O–H groups in total. The van der Waals surface area contributed by atoms with Crippen LogP contribution in [0.1, 0.15) is 15.9 Å². The third kappa shape index (κ3) is 4.79. The van der Waals surface area contributed by atoms with Gasteiger partial charge in [-0.3, -0.25) is 0 Å². The summed E-state index contributed by atoms with van der Waals surface area (Å²) in [6.45, 7) is 0.168. The normalized spacial score (nSPS) is 10.4. The van der Waals surface area contributed by atoms with Crippen LogP contribution >= 0.6 is 0 Å². The molecule has 0 aromatic heterocycles. The second kappa shape index (κ2) is 7.64. The second-order valence-corrected chi connectivity index (χ2v) is 4.48. The zero-order valence-electron chi connectivity index (χ0n) is 11.9. The van der Waals surface area contributed by atoms with Crippen molar-refractivity contribution >= 4 is 23.8 Å². The Labute approximate surface area is 128 Å². The molecule has 0 aliphatic carbocycles. The van der Waals surface area contributed by atoms with E-state index >= 15 is 0 Å². The van der Waals surface area contributed by atoms with E-state index in [-0.39, 0.29) is 6.61 Å². The quantitative estimate of drug-likeness (QED) is 0.832. The average Bonchev–Trinajstić information content (AvgIpc) is 2.52. The third-order valence-electron chi connectivity index (χ3n) is 2.79. The summed E-state index contributed by atoms with van der Waals surface area (Å²) in [4.78, 5) is 22.7. The monoisotopic (exact) mass is 296 g/mol. The van der Waals surface area contributed by atoms with E-state index < -0.39 is 12.0 Å². The molecule has 0 spiro atoms. The molecule has 0 atom stereocenters. The Bertz CT molecular complexity index is 681. The van der Waals surface area contributed by atoms with Crippen molar-refractivity contribution in [2.45, 2.75) is 0 Å². The van der Waals surface area contributed by atoms with Gasteiger partial charge in [-0.2, -0.15) is 0 Å². The Hall–Kier alpha value is -3.08. The van der Waals surface area contributed by atoms with E-state index in [2.05, 4.69) is 5.32 Å². The van der Waals surface area contributed by atoms with E-state index in [4.69, 9.17) is 10.5 Å². The maximum atomic E-state index is 11.9. The molecule has 0 fully saturated rings. The van der Waals surface area contributed by atoms with Gasteiger partial charge in [0.15, 0.2) is 0 Å². The van der Waals surface area contributed by atoms with Gasteiger partial charge in [0.1, 0.15) is 6.61 Å².